The average Bonchev–Trinajstić information content (AvgIpc) is 3.41. The highest BCUT2D eigenvalue weighted by Gasteiger charge is 2.44. The van der Waals surface area contributed by atoms with Crippen LogP contribution in [0.1, 0.15) is 35.9 Å². The molecule has 0 bridgehead atoms. The lowest BCUT2D eigenvalue weighted by molar-refractivity contribution is -0.109. The van der Waals surface area contributed by atoms with Gasteiger partial charge in [0.1, 0.15) is 6.26 Å². The second-order valence-electron chi connectivity index (χ2n) is 8.71. The fourth-order valence-corrected chi connectivity index (χ4v) is 6.09. The molecule has 1 fully saturated rings. The number of carbonyl (C=O) groups excluding carboxylic acids is 1. The molecule has 4 nitrogen and oxygen atoms in total. The summed E-state index contributed by atoms with van der Waals surface area (Å²) in [5.74, 6) is 0.570. The van der Waals surface area contributed by atoms with Gasteiger partial charge in [-0.05, 0) is 28.7 Å². The second-order valence-corrected chi connectivity index (χ2v) is 10.1. The SMILES string of the molecule is CC(=O)SC1CCN(C(c2ccccc2)(c2ccccc2)c2ccccc2)C/C1=C/c1ncco1. The highest BCUT2D eigenvalue weighted by molar-refractivity contribution is 8.14. The molecule has 0 radical (unpaired) electrons. The first kappa shape index (κ1) is 23.3. The van der Waals surface area contributed by atoms with E-state index in [0.717, 1.165) is 18.5 Å². The van der Waals surface area contributed by atoms with E-state index in [0.29, 0.717) is 12.4 Å². The maximum Gasteiger partial charge on any atom is 0.218 e. The highest BCUT2D eigenvalue weighted by Crippen LogP contribution is 2.45. The van der Waals surface area contributed by atoms with Crippen LogP contribution in [0.15, 0.2) is 113 Å². The van der Waals surface area contributed by atoms with E-state index in [9.17, 15) is 4.79 Å². The van der Waals surface area contributed by atoms with Gasteiger partial charge < -0.3 is 4.42 Å². The van der Waals surface area contributed by atoms with E-state index in [1.807, 2.05) is 6.08 Å². The van der Waals surface area contributed by atoms with Gasteiger partial charge in [-0.15, -0.1) is 0 Å². The predicted octanol–water partition coefficient (Wildman–Crippen LogP) is 6.40. The van der Waals surface area contributed by atoms with E-state index < -0.39 is 5.54 Å². The van der Waals surface area contributed by atoms with Crippen molar-refractivity contribution in [1.82, 2.24) is 9.88 Å². The summed E-state index contributed by atoms with van der Waals surface area (Å²) < 4.78 is 5.56. The van der Waals surface area contributed by atoms with Crippen molar-refractivity contribution in [1.29, 1.82) is 0 Å². The zero-order chi connectivity index (χ0) is 24.1. The van der Waals surface area contributed by atoms with Crippen molar-refractivity contribution in [2.24, 2.45) is 0 Å². The highest BCUT2D eigenvalue weighted by atomic mass is 32.2. The number of piperidine rings is 1. The van der Waals surface area contributed by atoms with Gasteiger partial charge in [0, 0.05) is 31.3 Å². The van der Waals surface area contributed by atoms with Crippen molar-refractivity contribution >= 4 is 23.0 Å². The quantitative estimate of drug-likeness (QED) is 0.299. The summed E-state index contributed by atoms with van der Waals surface area (Å²) in [6.07, 6.45) is 6.11. The summed E-state index contributed by atoms with van der Waals surface area (Å²) in [6.45, 7) is 3.17. The van der Waals surface area contributed by atoms with Crippen LogP contribution in [0.3, 0.4) is 0 Å². The number of hydrogen-bond acceptors (Lipinski definition) is 5. The summed E-state index contributed by atoms with van der Waals surface area (Å²) in [6, 6.07) is 32.1. The smallest absolute Gasteiger partial charge is 0.218 e. The van der Waals surface area contributed by atoms with Crippen LogP contribution < -0.4 is 0 Å². The third-order valence-corrected chi connectivity index (χ3v) is 7.72. The van der Waals surface area contributed by atoms with Crippen LogP contribution in [-0.2, 0) is 10.3 Å². The van der Waals surface area contributed by atoms with Crippen LogP contribution in [0.25, 0.3) is 6.08 Å². The van der Waals surface area contributed by atoms with Gasteiger partial charge in [-0.2, -0.15) is 0 Å². The fraction of sp³-hybridized carbons (Fsp3) is 0.200. The Morgan fingerprint density at radius 2 is 1.49 bits per heavy atom. The standard InChI is InChI=1S/C30H28N2O2S/c1-23(33)35-28-17-19-32(22-24(28)21-29-31-18-20-34-29)30(25-11-5-2-6-12-25,26-13-7-3-8-14-26)27-15-9-4-10-16-27/h2-16,18,20-21,28H,17,19,22H2,1H3/b24-21-. The van der Waals surface area contributed by atoms with Crippen LogP contribution in [0, 0.1) is 0 Å². The summed E-state index contributed by atoms with van der Waals surface area (Å²) in [7, 11) is 0. The maximum atomic E-state index is 12.1. The Balaban J connectivity index is 1.69. The van der Waals surface area contributed by atoms with E-state index in [-0.39, 0.29) is 10.4 Å². The molecule has 5 heteroatoms. The number of aromatic nitrogens is 1. The third-order valence-electron chi connectivity index (χ3n) is 6.57. The first-order chi connectivity index (χ1) is 17.2. The van der Waals surface area contributed by atoms with Crippen molar-refractivity contribution in [3.63, 3.8) is 0 Å². The average molecular weight is 481 g/mol. The van der Waals surface area contributed by atoms with E-state index >= 15 is 0 Å². The Morgan fingerprint density at radius 3 is 1.94 bits per heavy atom. The Hall–Kier alpha value is -3.41. The van der Waals surface area contributed by atoms with E-state index in [2.05, 4.69) is 101 Å². The number of benzene rings is 3. The van der Waals surface area contributed by atoms with Gasteiger partial charge in [0.2, 0.25) is 5.89 Å². The van der Waals surface area contributed by atoms with Crippen molar-refractivity contribution in [3.8, 4) is 0 Å². The minimum absolute atomic E-state index is 0.0932. The molecule has 0 spiro atoms. The Morgan fingerprint density at radius 1 is 0.943 bits per heavy atom. The number of rotatable bonds is 6. The summed E-state index contributed by atoms with van der Waals surface area (Å²) >= 11 is 1.40. The van der Waals surface area contributed by atoms with Crippen LogP contribution in [0.4, 0.5) is 0 Å². The van der Waals surface area contributed by atoms with Crippen molar-refractivity contribution < 1.29 is 9.21 Å². The summed E-state index contributed by atoms with van der Waals surface area (Å²) in [5.41, 5.74) is 4.29. The zero-order valence-corrected chi connectivity index (χ0v) is 20.5. The molecule has 0 amide bonds. The molecular weight excluding hydrogens is 452 g/mol. The normalized spacial score (nSPS) is 18.0. The molecule has 4 aromatic rings. The molecule has 1 aromatic heterocycles. The van der Waals surface area contributed by atoms with Gasteiger partial charge in [0.25, 0.3) is 0 Å². The molecule has 3 aromatic carbocycles. The molecule has 0 N–H and O–H groups in total. The van der Waals surface area contributed by atoms with Crippen LogP contribution in [0.5, 0.6) is 0 Å². The lowest BCUT2D eigenvalue weighted by atomic mass is 9.74. The Bertz CT molecular complexity index is 1180. The predicted molar refractivity (Wildman–Crippen MR) is 142 cm³/mol. The maximum absolute atomic E-state index is 12.1. The fourth-order valence-electron chi connectivity index (χ4n) is 5.17. The van der Waals surface area contributed by atoms with E-state index in [1.54, 1.807) is 19.4 Å². The van der Waals surface area contributed by atoms with E-state index in [1.165, 1.54) is 28.5 Å². The molecule has 35 heavy (non-hydrogen) atoms. The lowest BCUT2D eigenvalue weighted by Crippen LogP contribution is -2.52. The van der Waals surface area contributed by atoms with Crippen LogP contribution in [0.2, 0.25) is 0 Å². The molecule has 0 saturated carbocycles. The first-order valence-electron chi connectivity index (χ1n) is 11.9. The van der Waals surface area contributed by atoms with Crippen molar-refractivity contribution in [3.05, 3.63) is 132 Å². The van der Waals surface area contributed by atoms with Gasteiger partial charge in [-0.1, -0.05) is 103 Å². The molecule has 2 heterocycles. The minimum Gasteiger partial charge on any atom is -0.445 e. The lowest BCUT2D eigenvalue weighted by Gasteiger charge is -2.49. The zero-order valence-electron chi connectivity index (χ0n) is 19.7. The number of likely N-dealkylation sites (tertiary alicyclic amines) is 1. The largest absolute Gasteiger partial charge is 0.445 e. The van der Waals surface area contributed by atoms with Gasteiger partial charge >= 0.3 is 0 Å². The summed E-state index contributed by atoms with van der Waals surface area (Å²) in [4.78, 5) is 19.0. The number of carbonyl (C=O) groups is 1. The monoisotopic (exact) mass is 480 g/mol. The molecule has 1 saturated heterocycles. The number of thioether (sulfide) groups is 1. The van der Waals surface area contributed by atoms with Crippen LogP contribution >= 0.6 is 11.8 Å². The van der Waals surface area contributed by atoms with Gasteiger partial charge in [0.15, 0.2) is 5.12 Å². The van der Waals surface area contributed by atoms with Gasteiger partial charge in [-0.3, -0.25) is 9.69 Å². The van der Waals surface area contributed by atoms with Crippen molar-refractivity contribution in [2.45, 2.75) is 24.1 Å². The Labute approximate surface area is 210 Å². The second kappa shape index (κ2) is 10.5. The Kier molecular flexibility index (Phi) is 6.98. The molecule has 176 valence electrons. The van der Waals surface area contributed by atoms with E-state index in [4.69, 9.17) is 4.42 Å². The topological polar surface area (TPSA) is 46.3 Å². The number of hydrogen-bond donors (Lipinski definition) is 0. The minimum atomic E-state index is -0.495. The van der Waals surface area contributed by atoms with Gasteiger partial charge in [-0.25, -0.2) is 4.98 Å². The molecule has 1 aliphatic heterocycles. The molecule has 1 unspecified atom stereocenters. The number of oxazole rings is 1. The number of nitrogens with zero attached hydrogens (tertiary/aromatic N) is 2. The first-order valence-corrected chi connectivity index (χ1v) is 12.7. The molecule has 1 atom stereocenters. The molecule has 1 aliphatic rings. The van der Waals surface area contributed by atoms with Crippen molar-refractivity contribution in [2.75, 3.05) is 13.1 Å². The third kappa shape index (κ3) is 4.75. The molecule has 0 aliphatic carbocycles. The van der Waals surface area contributed by atoms with Gasteiger partial charge in [0.05, 0.1) is 11.7 Å². The summed E-state index contributed by atoms with van der Waals surface area (Å²) in [5, 5.41) is 0.220. The molecule has 5 rings (SSSR count). The molecular formula is C30H28N2O2S. The van der Waals surface area contributed by atoms with Crippen LogP contribution in [-0.4, -0.2) is 33.3 Å².